The monoisotopic (exact) mass is 355 g/mol. The van der Waals surface area contributed by atoms with E-state index in [0.29, 0.717) is 18.1 Å². The molecule has 5 nitrogen and oxygen atoms in total. The van der Waals surface area contributed by atoms with Crippen molar-refractivity contribution in [2.45, 2.75) is 70.8 Å². The normalized spacial score (nSPS) is 17.0. The lowest BCUT2D eigenvalue weighted by molar-refractivity contribution is -0.132. The van der Waals surface area contributed by atoms with Gasteiger partial charge in [0, 0.05) is 18.5 Å². The maximum Gasteiger partial charge on any atom is 0.249 e. The molecule has 0 N–H and O–H groups in total. The highest BCUT2D eigenvalue weighted by atomic mass is 16.5. The molecule has 3 rings (SSSR count). The fourth-order valence-corrected chi connectivity index (χ4v) is 3.60. The topological polar surface area (TPSA) is 59.2 Å². The van der Waals surface area contributed by atoms with E-state index < -0.39 is 0 Å². The van der Waals surface area contributed by atoms with Gasteiger partial charge in [0.05, 0.1) is 0 Å². The van der Waals surface area contributed by atoms with E-state index in [1.165, 1.54) is 25.7 Å². The second kappa shape index (κ2) is 9.51. The second-order valence-electron chi connectivity index (χ2n) is 7.09. The number of hydrogen-bond acceptors (Lipinski definition) is 4. The zero-order valence-electron chi connectivity index (χ0n) is 15.7. The third-order valence-electron chi connectivity index (χ3n) is 5.08. The Bertz CT molecular complexity index is 684. The van der Waals surface area contributed by atoms with Crippen LogP contribution in [0.25, 0.3) is 11.4 Å². The lowest BCUT2D eigenvalue weighted by Crippen LogP contribution is -2.30. The Labute approximate surface area is 155 Å². The second-order valence-corrected chi connectivity index (χ2v) is 7.09. The van der Waals surface area contributed by atoms with E-state index in [2.05, 4.69) is 17.1 Å². The van der Waals surface area contributed by atoms with Gasteiger partial charge in [0.1, 0.15) is 6.04 Å². The summed E-state index contributed by atoms with van der Waals surface area (Å²) in [7, 11) is 0. The van der Waals surface area contributed by atoms with Gasteiger partial charge in [-0.1, -0.05) is 74.5 Å². The van der Waals surface area contributed by atoms with Gasteiger partial charge in [-0.3, -0.25) is 4.79 Å². The molecule has 2 aromatic rings. The van der Waals surface area contributed by atoms with Gasteiger partial charge in [-0.15, -0.1) is 0 Å². The molecule has 1 unspecified atom stereocenters. The average Bonchev–Trinajstić information content (AvgIpc) is 3.34. The summed E-state index contributed by atoms with van der Waals surface area (Å²) >= 11 is 0. The summed E-state index contributed by atoms with van der Waals surface area (Å²) in [5.41, 5.74) is 0.936. The number of carbonyl (C=O) groups is 1. The first-order valence-corrected chi connectivity index (χ1v) is 9.98. The summed E-state index contributed by atoms with van der Waals surface area (Å²) in [4.78, 5) is 19.1. The molecule has 1 fully saturated rings. The first-order chi connectivity index (χ1) is 12.8. The lowest BCUT2D eigenvalue weighted by Gasteiger charge is -2.21. The van der Waals surface area contributed by atoms with Crippen LogP contribution in [0.4, 0.5) is 0 Å². The van der Waals surface area contributed by atoms with Crippen LogP contribution in [0.5, 0.6) is 0 Å². The number of carbonyl (C=O) groups excluding carboxylic acids is 1. The number of nitrogens with zero attached hydrogens (tertiary/aromatic N) is 3. The summed E-state index contributed by atoms with van der Waals surface area (Å²) in [6.07, 6.45) is 9.70. The number of unbranched alkanes of at least 4 members (excludes halogenated alkanes) is 5. The van der Waals surface area contributed by atoms with E-state index in [1.54, 1.807) is 0 Å². The predicted molar refractivity (Wildman–Crippen MR) is 101 cm³/mol. The number of aromatic nitrogens is 2. The van der Waals surface area contributed by atoms with Crippen molar-refractivity contribution < 1.29 is 9.32 Å². The highest BCUT2D eigenvalue weighted by Crippen LogP contribution is 2.32. The summed E-state index contributed by atoms with van der Waals surface area (Å²) in [6.45, 7) is 3.01. The van der Waals surface area contributed by atoms with Gasteiger partial charge in [0.15, 0.2) is 0 Å². The molecule has 1 saturated heterocycles. The van der Waals surface area contributed by atoms with Crippen LogP contribution in [0, 0.1) is 0 Å². The maximum absolute atomic E-state index is 12.6. The van der Waals surface area contributed by atoms with E-state index in [9.17, 15) is 4.79 Å². The summed E-state index contributed by atoms with van der Waals surface area (Å²) in [6, 6.07) is 9.74. The van der Waals surface area contributed by atoms with Gasteiger partial charge in [-0.05, 0) is 19.3 Å². The van der Waals surface area contributed by atoms with Crippen molar-refractivity contribution in [3.8, 4) is 11.4 Å². The molecule has 140 valence electrons. The number of hydrogen-bond donors (Lipinski definition) is 0. The van der Waals surface area contributed by atoms with Gasteiger partial charge < -0.3 is 9.42 Å². The Morgan fingerprint density at radius 2 is 1.92 bits per heavy atom. The Balaban J connectivity index is 1.55. The third kappa shape index (κ3) is 4.71. The highest BCUT2D eigenvalue weighted by Gasteiger charge is 2.33. The fourth-order valence-electron chi connectivity index (χ4n) is 3.60. The molecule has 0 saturated carbocycles. The molecular formula is C21H29N3O2. The van der Waals surface area contributed by atoms with Crippen molar-refractivity contribution in [3.05, 3.63) is 36.2 Å². The molecular weight excluding hydrogens is 326 g/mol. The average molecular weight is 355 g/mol. The third-order valence-corrected chi connectivity index (χ3v) is 5.08. The number of likely N-dealkylation sites (tertiary alicyclic amines) is 1. The quantitative estimate of drug-likeness (QED) is 0.584. The highest BCUT2D eigenvalue weighted by molar-refractivity contribution is 5.76. The first-order valence-electron chi connectivity index (χ1n) is 9.98. The fraction of sp³-hybridized carbons (Fsp3) is 0.571. The molecule has 1 aromatic heterocycles. The van der Waals surface area contributed by atoms with Crippen molar-refractivity contribution in [1.82, 2.24) is 15.0 Å². The predicted octanol–water partition coefficient (Wildman–Crippen LogP) is 5.15. The van der Waals surface area contributed by atoms with Gasteiger partial charge in [0.2, 0.25) is 17.6 Å². The standard InChI is InChI=1S/C21H29N3O2/c1-2-3-4-5-6-10-15-19(25)24-16-11-14-18(24)21-22-20(23-26-21)17-12-8-7-9-13-17/h7-9,12-13,18H,2-6,10-11,14-16H2,1H3. The van der Waals surface area contributed by atoms with Gasteiger partial charge in [0.25, 0.3) is 0 Å². The largest absolute Gasteiger partial charge is 0.337 e. The molecule has 1 aliphatic rings. The van der Waals surface area contributed by atoms with Crippen LogP contribution in [0.15, 0.2) is 34.9 Å². The summed E-state index contributed by atoms with van der Waals surface area (Å²) in [5, 5.41) is 4.10. The summed E-state index contributed by atoms with van der Waals surface area (Å²) in [5.74, 6) is 1.39. The van der Waals surface area contributed by atoms with Gasteiger partial charge in [-0.25, -0.2) is 0 Å². The van der Waals surface area contributed by atoms with Crippen LogP contribution in [-0.2, 0) is 4.79 Å². The Hall–Kier alpha value is -2.17. The number of benzene rings is 1. The van der Waals surface area contributed by atoms with Crippen LogP contribution < -0.4 is 0 Å². The minimum atomic E-state index is -0.0625. The number of amides is 1. The van der Waals surface area contributed by atoms with Crippen LogP contribution in [0.3, 0.4) is 0 Å². The van der Waals surface area contributed by atoms with Crippen LogP contribution in [0.1, 0.15) is 76.6 Å². The molecule has 26 heavy (non-hydrogen) atoms. The Morgan fingerprint density at radius 1 is 1.15 bits per heavy atom. The van der Waals surface area contributed by atoms with Crippen LogP contribution >= 0.6 is 0 Å². The molecule has 0 aliphatic carbocycles. The molecule has 0 radical (unpaired) electrons. The molecule has 0 bridgehead atoms. The smallest absolute Gasteiger partial charge is 0.249 e. The van der Waals surface area contributed by atoms with E-state index in [0.717, 1.165) is 37.8 Å². The molecule has 1 amide bonds. The zero-order chi connectivity index (χ0) is 18.2. The first kappa shape index (κ1) is 18.6. The molecule has 1 aromatic carbocycles. The van der Waals surface area contributed by atoms with Crippen molar-refractivity contribution >= 4 is 5.91 Å². The van der Waals surface area contributed by atoms with Gasteiger partial charge in [-0.2, -0.15) is 4.98 Å². The van der Waals surface area contributed by atoms with Crippen molar-refractivity contribution in [1.29, 1.82) is 0 Å². The van der Waals surface area contributed by atoms with Gasteiger partial charge >= 0.3 is 0 Å². The molecule has 2 heterocycles. The van der Waals surface area contributed by atoms with E-state index >= 15 is 0 Å². The molecule has 0 spiro atoms. The van der Waals surface area contributed by atoms with Crippen LogP contribution in [0.2, 0.25) is 0 Å². The van der Waals surface area contributed by atoms with E-state index in [1.807, 2.05) is 35.2 Å². The van der Waals surface area contributed by atoms with E-state index in [-0.39, 0.29) is 11.9 Å². The summed E-state index contributed by atoms with van der Waals surface area (Å²) < 4.78 is 5.50. The SMILES string of the molecule is CCCCCCCCC(=O)N1CCCC1c1nc(-c2ccccc2)no1. The zero-order valence-corrected chi connectivity index (χ0v) is 15.7. The minimum Gasteiger partial charge on any atom is -0.337 e. The maximum atomic E-state index is 12.6. The Kier molecular flexibility index (Phi) is 6.81. The Morgan fingerprint density at radius 3 is 2.73 bits per heavy atom. The minimum absolute atomic E-state index is 0.0625. The molecule has 5 heteroatoms. The van der Waals surface area contributed by atoms with Crippen molar-refractivity contribution in [2.24, 2.45) is 0 Å². The van der Waals surface area contributed by atoms with Crippen LogP contribution in [-0.4, -0.2) is 27.5 Å². The lowest BCUT2D eigenvalue weighted by atomic mass is 10.1. The van der Waals surface area contributed by atoms with E-state index in [4.69, 9.17) is 4.52 Å². The molecule has 1 aliphatic heterocycles. The number of rotatable bonds is 9. The van der Waals surface area contributed by atoms with Crippen molar-refractivity contribution in [2.75, 3.05) is 6.54 Å². The van der Waals surface area contributed by atoms with Crippen molar-refractivity contribution in [3.63, 3.8) is 0 Å². The molecule has 1 atom stereocenters.